The molecule has 0 heterocycles. The van der Waals surface area contributed by atoms with Crippen molar-refractivity contribution >= 4 is 69.3 Å². The van der Waals surface area contributed by atoms with Crippen LogP contribution in [0.2, 0.25) is 20.1 Å². The standard InChI is InChI=1S/C27H24Cl4N2O2.CH4/c1-27(2)17-11-13(32(3)4)7-9-15(17)19(16-10-8-14(33(5)6)12-18(16)27)20-21(26(34)35)23(29)25(31)24(30)22(20)28;/h7-12H,1-6H3;1H4/p+1. The van der Waals surface area contributed by atoms with E-state index in [1.54, 1.807) is 0 Å². The van der Waals surface area contributed by atoms with Gasteiger partial charge in [-0.3, -0.25) is 0 Å². The molecule has 0 aliphatic heterocycles. The summed E-state index contributed by atoms with van der Waals surface area (Å²) in [6.07, 6.45) is 6.14. The van der Waals surface area contributed by atoms with Crippen molar-refractivity contribution in [2.24, 2.45) is 0 Å². The van der Waals surface area contributed by atoms with Crippen LogP contribution in [0, 0.1) is 0 Å². The Morgan fingerprint density at radius 1 is 0.972 bits per heavy atom. The lowest BCUT2D eigenvalue weighted by Gasteiger charge is -2.40. The molecule has 4 rings (SSSR count). The first-order chi connectivity index (χ1) is 16.3. The van der Waals surface area contributed by atoms with E-state index in [-0.39, 0.29) is 44.1 Å². The van der Waals surface area contributed by atoms with E-state index in [4.69, 9.17) is 46.4 Å². The van der Waals surface area contributed by atoms with Crippen LogP contribution in [0.15, 0.2) is 47.6 Å². The maximum absolute atomic E-state index is 12.5. The quantitative estimate of drug-likeness (QED) is 0.232. The van der Waals surface area contributed by atoms with E-state index >= 15 is 0 Å². The van der Waals surface area contributed by atoms with Crippen LogP contribution >= 0.6 is 46.4 Å². The Bertz CT molecular complexity index is 1430. The first kappa shape index (κ1) is 28.3. The monoisotopic (exact) mass is 565 g/mol. The second kappa shape index (κ2) is 9.90. The number of nitrogens with zero attached hydrogens (tertiary/aromatic N) is 2. The van der Waals surface area contributed by atoms with Crippen LogP contribution in [0.3, 0.4) is 0 Å². The summed E-state index contributed by atoms with van der Waals surface area (Å²) in [5.41, 5.74) is 6.22. The SMILES string of the molecule is C.CN(C)c1ccc2c(c1)C(C)(C)C1=CC(=[N+](C)C)C=CC1=C2c1c(Cl)c(Cl)c(Cl)c(Cl)c1C(=O)O. The van der Waals surface area contributed by atoms with E-state index < -0.39 is 5.97 Å². The summed E-state index contributed by atoms with van der Waals surface area (Å²) < 4.78 is 2.04. The summed E-state index contributed by atoms with van der Waals surface area (Å²) in [6, 6.07) is 6.14. The van der Waals surface area contributed by atoms with Gasteiger partial charge in [0.05, 0.1) is 25.7 Å². The first-order valence-electron chi connectivity index (χ1n) is 10.9. The fourth-order valence-electron chi connectivity index (χ4n) is 4.72. The molecule has 0 aromatic heterocycles. The van der Waals surface area contributed by atoms with Gasteiger partial charge < -0.3 is 10.0 Å². The topological polar surface area (TPSA) is 43.5 Å². The number of benzene rings is 2. The Morgan fingerprint density at radius 3 is 2.14 bits per heavy atom. The van der Waals surface area contributed by atoms with Crippen LogP contribution in [0.25, 0.3) is 5.57 Å². The van der Waals surface area contributed by atoms with E-state index in [1.807, 2.05) is 62.0 Å². The smallest absolute Gasteiger partial charge is 0.337 e. The predicted molar refractivity (Wildman–Crippen MR) is 154 cm³/mol. The van der Waals surface area contributed by atoms with Gasteiger partial charge in [-0.05, 0) is 46.1 Å². The molecule has 2 aliphatic carbocycles. The zero-order valence-corrected chi connectivity index (χ0v) is 23.2. The molecule has 0 fully saturated rings. The number of carboxylic acids is 1. The van der Waals surface area contributed by atoms with Crippen LogP contribution < -0.4 is 4.90 Å². The Balaban J connectivity index is 0.00000361. The van der Waals surface area contributed by atoms with Gasteiger partial charge in [0.25, 0.3) is 0 Å². The largest absolute Gasteiger partial charge is 0.478 e. The lowest BCUT2D eigenvalue weighted by molar-refractivity contribution is -0.462. The van der Waals surface area contributed by atoms with Gasteiger partial charge in [0, 0.05) is 42.9 Å². The lowest BCUT2D eigenvalue weighted by atomic mass is 9.64. The maximum atomic E-state index is 12.5. The maximum Gasteiger partial charge on any atom is 0.337 e. The van der Waals surface area contributed by atoms with Gasteiger partial charge >= 0.3 is 5.97 Å². The first-order valence-corrected chi connectivity index (χ1v) is 12.4. The third-order valence-corrected chi connectivity index (χ3v) is 8.46. The van der Waals surface area contributed by atoms with Crippen LogP contribution in [-0.2, 0) is 5.41 Å². The van der Waals surface area contributed by atoms with E-state index in [1.165, 1.54) is 0 Å². The molecule has 0 radical (unpaired) electrons. The van der Waals surface area contributed by atoms with Crippen molar-refractivity contribution in [3.8, 4) is 0 Å². The van der Waals surface area contributed by atoms with E-state index in [0.29, 0.717) is 5.57 Å². The number of anilines is 1. The number of aromatic carboxylic acids is 1. The highest BCUT2D eigenvalue weighted by Crippen LogP contribution is 2.54. The molecule has 0 spiro atoms. The second-order valence-corrected chi connectivity index (χ2v) is 11.1. The van der Waals surface area contributed by atoms with Crippen molar-refractivity contribution in [1.29, 1.82) is 0 Å². The normalized spacial score (nSPS) is 15.6. The molecule has 2 aliphatic rings. The molecule has 190 valence electrons. The van der Waals surface area contributed by atoms with Gasteiger partial charge in [-0.15, -0.1) is 0 Å². The third-order valence-electron chi connectivity index (χ3n) is 6.66. The highest BCUT2D eigenvalue weighted by atomic mass is 35.5. The van der Waals surface area contributed by atoms with Crippen molar-refractivity contribution in [3.05, 3.63) is 89.9 Å². The number of hydrogen-bond acceptors (Lipinski definition) is 2. The summed E-state index contributed by atoms with van der Waals surface area (Å²) in [7, 11) is 7.94. The highest BCUT2D eigenvalue weighted by Gasteiger charge is 2.41. The molecular weight excluding hydrogens is 538 g/mol. The molecule has 0 saturated carbocycles. The predicted octanol–water partition coefficient (Wildman–Crippen LogP) is 8.00. The van der Waals surface area contributed by atoms with Crippen molar-refractivity contribution in [2.45, 2.75) is 26.7 Å². The Morgan fingerprint density at radius 2 is 1.58 bits per heavy atom. The minimum Gasteiger partial charge on any atom is -0.478 e. The molecule has 1 N–H and O–H groups in total. The van der Waals surface area contributed by atoms with Crippen molar-refractivity contribution in [2.75, 3.05) is 33.1 Å². The van der Waals surface area contributed by atoms with Crippen LogP contribution in [0.1, 0.15) is 48.3 Å². The summed E-state index contributed by atoms with van der Waals surface area (Å²) in [5, 5.41) is 10.0. The molecule has 0 amide bonds. The molecule has 0 bridgehead atoms. The Kier molecular flexibility index (Phi) is 7.80. The van der Waals surface area contributed by atoms with Gasteiger partial charge in [0.2, 0.25) is 0 Å². The molecule has 0 saturated heterocycles. The molecule has 0 unspecified atom stereocenters. The lowest BCUT2D eigenvalue weighted by Crippen LogP contribution is -2.31. The Labute approximate surface area is 232 Å². The van der Waals surface area contributed by atoms with Crippen LogP contribution in [0.5, 0.6) is 0 Å². The van der Waals surface area contributed by atoms with E-state index in [2.05, 4.69) is 26.0 Å². The Hall–Kier alpha value is -2.24. The van der Waals surface area contributed by atoms with E-state index in [9.17, 15) is 9.90 Å². The summed E-state index contributed by atoms with van der Waals surface area (Å²) >= 11 is 25.9. The molecule has 36 heavy (non-hydrogen) atoms. The molecule has 2 aromatic rings. The number of fused-ring (bicyclic) bond motifs is 2. The number of carboxylic acid groups (broad SMARTS) is 1. The molecule has 0 atom stereocenters. The number of allylic oxidation sites excluding steroid dienone is 5. The summed E-state index contributed by atoms with van der Waals surface area (Å²) in [6.45, 7) is 4.34. The minimum absolute atomic E-state index is 0. The molecule has 4 nitrogen and oxygen atoms in total. The number of carbonyl (C=O) groups is 1. The zero-order valence-electron chi connectivity index (χ0n) is 20.2. The van der Waals surface area contributed by atoms with Gasteiger partial charge in [0.15, 0.2) is 5.71 Å². The van der Waals surface area contributed by atoms with Gasteiger partial charge in [-0.25, -0.2) is 9.37 Å². The minimum atomic E-state index is -1.24. The second-order valence-electron chi connectivity index (χ2n) is 9.56. The fraction of sp³-hybridized carbons (Fsp3) is 0.286. The average Bonchev–Trinajstić information content (AvgIpc) is 2.80. The number of hydrogen-bond donors (Lipinski definition) is 1. The van der Waals surface area contributed by atoms with E-state index in [0.717, 1.165) is 33.7 Å². The van der Waals surface area contributed by atoms with Crippen molar-refractivity contribution in [1.82, 2.24) is 0 Å². The molecule has 8 heteroatoms. The van der Waals surface area contributed by atoms with Gasteiger partial charge in [-0.1, -0.05) is 73.7 Å². The van der Waals surface area contributed by atoms with Gasteiger partial charge in [0.1, 0.15) is 14.1 Å². The fourth-order valence-corrected chi connectivity index (χ4v) is 5.75. The summed E-state index contributed by atoms with van der Waals surface area (Å²) in [5.74, 6) is -1.24. The van der Waals surface area contributed by atoms with Crippen molar-refractivity contribution < 1.29 is 14.5 Å². The third kappa shape index (κ3) is 4.28. The highest BCUT2D eigenvalue weighted by molar-refractivity contribution is 6.53. The summed E-state index contributed by atoms with van der Waals surface area (Å²) in [4.78, 5) is 14.5. The average molecular weight is 567 g/mol. The molecular formula is C28H29Cl4N2O2+. The number of halogens is 4. The van der Waals surface area contributed by atoms with Crippen LogP contribution in [-0.4, -0.2) is 49.6 Å². The number of rotatable bonds is 3. The van der Waals surface area contributed by atoms with Crippen molar-refractivity contribution in [3.63, 3.8) is 0 Å². The van der Waals surface area contributed by atoms with Gasteiger partial charge in [-0.2, -0.15) is 0 Å². The van der Waals surface area contributed by atoms with Crippen LogP contribution in [0.4, 0.5) is 5.69 Å². The molecule has 2 aromatic carbocycles. The zero-order chi connectivity index (χ0) is 26.0.